The molecule has 1 heterocycles. The van der Waals surface area contributed by atoms with Crippen LogP contribution in [0, 0.1) is 10.5 Å². The van der Waals surface area contributed by atoms with Gasteiger partial charge in [0.25, 0.3) is 5.91 Å². The maximum absolute atomic E-state index is 12.7. The standard InChI is InChI=1S/C21H15ClIN3O/c1-12-14(20-24-18-6-2-3-7-19(18)25-20)5-4-8-17(12)26-21(27)15-11-13(23)9-10-16(15)22/h2-11H,1H3,(H,24,25)(H,26,27). The molecule has 1 amide bonds. The lowest BCUT2D eigenvalue weighted by atomic mass is 10.1. The molecule has 0 aliphatic carbocycles. The zero-order chi connectivity index (χ0) is 19.0. The highest BCUT2D eigenvalue weighted by molar-refractivity contribution is 14.1. The number of para-hydroxylation sites is 2. The first-order valence-electron chi connectivity index (χ1n) is 8.34. The van der Waals surface area contributed by atoms with Gasteiger partial charge in [0.2, 0.25) is 0 Å². The molecule has 1 aromatic heterocycles. The minimum Gasteiger partial charge on any atom is -0.338 e. The van der Waals surface area contributed by atoms with E-state index in [1.54, 1.807) is 12.1 Å². The highest BCUT2D eigenvalue weighted by Crippen LogP contribution is 2.29. The summed E-state index contributed by atoms with van der Waals surface area (Å²) >= 11 is 8.35. The van der Waals surface area contributed by atoms with Gasteiger partial charge in [-0.15, -0.1) is 0 Å². The monoisotopic (exact) mass is 487 g/mol. The van der Waals surface area contributed by atoms with Crippen molar-refractivity contribution in [3.05, 3.63) is 80.4 Å². The lowest BCUT2D eigenvalue weighted by Gasteiger charge is -2.12. The van der Waals surface area contributed by atoms with Crippen LogP contribution in [0.3, 0.4) is 0 Å². The molecule has 4 rings (SSSR count). The molecule has 3 aromatic carbocycles. The lowest BCUT2D eigenvalue weighted by Crippen LogP contribution is -2.13. The fourth-order valence-corrected chi connectivity index (χ4v) is 3.66. The number of hydrogen-bond donors (Lipinski definition) is 2. The number of fused-ring (bicyclic) bond motifs is 1. The van der Waals surface area contributed by atoms with Crippen LogP contribution in [0.1, 0.15) is 15.9 Å². The average molecular weight is 488 g/mol. The van der Waals surface area contributed by atoms with E-state index in [0.717, 1.165) is 37.2 Å². The van der Waals surface area contributed by atoms with Crippen LogP contribution in [0.15, 0.2) is 60.7 Å². The Hall–Kier alpha value is -2.38. The zero-order valence-electron chi connectivity index (χ0n) is 14.4. The van der Waals surface area contributed by atoms with Crippen LogP contribution in [0.4, 0.5) is 5.69 Å². The molecule has 0 aliphatic heterocycles. The van der Waals surface area contributed by atoms with Gasteiger partial charge in [0.15, 0.2) is 0 Å². The summed E-state index contributed by atoms with van der Waals surface area (Å²) in [6.07, 6.45) is 0. The smallest absolute Gasteiger partial charge is 0.257 e. The van der Waals surface area contributed by atoms with Crippen molar-refractivity contribution in [2.75, 3.05) is 5.32 Å². The van der Waals surface area contributed by atoms with Gasteiger partial charge in [-0.2, -0.15) is 0 Å². The summed E-state index contributed by atoms with van der Waals surface area (Å²) in [5.74, 6) is 0.542. The normalized spacial score (nSPS) is 10.9. The second-order valence-electron chi connectivity index (χ2n) is 6.16. The first-order valence-corrected chi connectivity index (χ1v) is 9.80. The summed E-state index contributed by atoms with van der Waals surface area (Å²) < 4.78 is 0.954. The van der Waals surface area contributed by atoms with Crippen molar-refractivity contribution in [3.63, 3.8) is 0 Å². The van der Waals surface area contributed by atoms with Crippen LogP contribution in [0.2, 0.25) is 5.02 Å². The number of nitrogens with one attached hydrogen (secondary N) is 2. The predicted molar refractivity (Wildman–Crippen MR) is 118 cm³/mol. The second kappa shape index (κ2) is 7.32. The van der Waals surface area contributed by atoms with Gasteiger partial charge >= 0.3 is 0 Å². The molecule has 0 unspecified atom stereocenters. The van der Waals surface area contributed by atoms with E-state index in [1.165, 1.54) is 0 Å². The third kappa shape index (κ3) is 3.57. The van der Waals surface area contributed by atoms with Crippen LogP contribution in [-0.4, -0.2) is 15.9 Å². The van der Waals surface area contributed by atoms with Crippen molar-refractivity contribution < 1.29 is 4.79 Å². The molecule has 0 saturated carbocycles. The van der Waals surface area contributed by atoms with E-state index >= 15 is 0 Å². The third-order valence-electron chi connectivity index (χ3n) is 4.40. The van der Waals surface area contributed by atoms with Crippen LogP contribution >= 0.6 is 34.2 Å². The Labute approximate surface area is 175 Å². The second-order valence-corrected chi connectivity index (χ2v) is 7.81. The number of hydrogen-bond acceptors (Lipinski definition) is 2. The maximum Gasteiger partial charge on any atom is 0.257 e. The number of H-pyrrole nitrogens is 1. The van der Waals surface area contributed by atoms with Gasteiger partial charge in [-0.1, -0.05) is 35.9 Å². The summed E-state index contributed by atoms with van der Waals surface area (Å²) in [5.41, 5.74) is 4.95. The van der Waals surface area contributed by atoms with Gasteiger partial charge in [-0.05, 0) is 71.5 Å². The Bertz CT molecular complexity index is 1140. The SMILES string of the molecule is Cc1c(NC(=O)c2cc(I)ccc2Cl)cccc1-c1nc2ccccc2[nH]1. The number of halogens is 2. The molecule has 27 heavy (non-hydrogen) atoms. The van der Waals surface area contributed by atoms with E-state index in [9.17, 15) is 4.79 Å². The highest BCUT2D eigenvalue weighted by Gasteiger charge is 2.15. The number of aromatic amines is 1. The first kappa shape index (κ1) is 18.0. The molecule has 4 aromatic rings. The summed E-state index contributed by atoms with van der Waals surface area (Å²) in [7, 11) is 0. The number of imidazole rings is 1. The number of carbonyl (C=O) groups excluding carboxylic acids is 1. The van der Waals surface area contributed by atoms with E-state index in [2.05, 4.69) is 37.9 Å². The van der Waals surface area contributed by atoms with Crippen LogP contribution in [-0.2, 0) is 0 Å². The molecule has 0 saturated heterocycles. The molecule has 0 radical (unpaired) electrons. The Kier molecular flexibility index (Phi) is 4.88. The van der Waals surface area contributed by atoms with Gasteiger partial charge in [0, 0.05) is 14.8 Å². The number of benzene rings is 3. The average Bonchev–Trinajstić information content (AvgIpc) is 3.09. The summed E-state index contributed by atoms with van der Waals surface area (Å²) in [6, 6.07) is 19.0. The van der Waals surface area contributed by atoms with Gasteiger partial charge in [0.1, 0.15) is 5.82 Å². The number of rotatable bonds is 3. The Balaban J connectivity index is 1.69. The topological polar surface area (TPSA) is 57.8 Å². The van der Waals surface area contributed by atoms with E-state index < -0.39 is 0 Å². The number of anilines is 1. The van der Waals surface area contributed by atoms with E-state index in [4.69, 9.17) is 11.6 Å². The molecule has 0 spiro atoms. The first-order chi connectivity index (χ1) is 13.0. The van der Waals surface area contributed by atoms with Gasteiger partial charge in [-0.25, -0.2) is 4.98 Å². The van der Waals surface area contributed by atoms with E-state index in [-0.39, 0.29) is 5.91 Å². The highest BCUT2D eigenvalue weighted by atomic mass is 127. The number of amides is 1. The number of carbonyl (C=O) groups is 1. The zero-order valence-corrected chi connectivity index (χ0v) is 17.3. The van der Waals surface area contributed by atoms with Gasteiger partial charge in [0.05, 0.1) is 21.6 Å². The molecule has 0 fully saturated rings. The molecule has 6 heteroatoms. The minimum atomic E-state index is -0.233. The lowest BCUT2D eigenvalue weighted by molar-refractivity contribution is 0.102. The van der Waals surface area contributed by atoms with Crippen molar-refractivity contribution in [1.29, 1.82) is 0 Å². The Morgan fingerprint density at radius 2 is 1.93 bits per heavy atom. The number of nitrogens with zero attached hydrogens (tertiary/aromatic N) is 1. The Morgan fingerprint density at radius 3 is 2.74 bits per heavy atom. The third-order valence-corrected chi connectivity index (χ3v) is 5.40. The maximum atomic E-state index is 12.7. The quantitative estimate of drug-likeness (QED) is 0.346. The fraction of sp³-hybridized carbons (Fsp3) is 0.0476. The molecular weight excluding hydrogens is 473 g/mol. The molecule has 2 N–H and O–H groups in total. The molecule has 0 bridgehead atoms. The molecule has 4 nitrogen and oxygen atoms in total. The van der Waals surface area contributed by atoms with Gasteiger partial charge in [-0.3, -0.25) is 4.79 Å². The minimum absolute atomic E-state index is 0.233. The van der Waals surface area contributed by atoms with Crippen LogP contribution < -0.4 is 5.32 Å². The molecular formula is C21H15ClIN3O. The number of aromatic nitrogens is 2. The van der Waals surface area contributed by atoms with Crippen molar-refractivity contribution >= 4 is 56.8 Å². The van der Waals surface area contributed by atoms with Crippen molar-refractivity contribution in [2.24, 2.45) is 0 Å². The Morgan fingerprint density at radius 1 is 1.11 bits per heavy atom. The summed E-state index contributed by atoms with van der Waals surface area (Å²) in [5, 5.41) is 3.40. The largest absolute Gasteiger partial charge is 0.338 e. The van der Waals surface area contributed by atoms with Crippen molar-refractivity contribution in [3.8, 4) is 11.4 Å². The fourth-order valence-electron chi connectivity index (χ4n) is 2.97. The summed E-state index contributed by atoms with van der Waals surface area (Å²) in [6.45, 7) is 1.97. The van der Waals surface area contributed by atoms with Crippen molar-refractivity contribution in [2.45, 2.75) is 6.92 Å². The molecule has 134 valence electrons. The summed E-state index contributed by atoms with van der Waals surface area (Å²) in [4.78, 5) is 20.7. The predicted octanol–water partition coefficient (Wildman–Crippen LogP) is 6.05. The molecule has 0 aliphatic rings. The van der Waals surface area contributed by atoms with Gasteiger partial charge < -0.3 is 10.3 Å². The van der Waals surface area contributed by atoms with Crippen LogP contribution in [0.5, 0.6) is 0 Å². The molecule has 0 atom stereocenters. The van der Waals surface area contributed by atoms with E-state index in [1.807, 2.05) is 55.5 Å². The van der Waals surface area contributed by atoms with E-state index in [0.29, 0.717) is 10.6 Å². The van der Waals surface area contributed by atoms with Crippen molar-refractivity contribution in [1.82, 2.24) is 9.97 Å². The van der Waals surface area contributed by atoms with Crippen LogP contribution in [0.25, 0.3) is 22.4 Å².